The highest BCUT2D eigenvalue weighted by Gasteiger charge is 2.68. The summed E-state index contributed by atoms with van der Waals surface area (Å²) in [5, 5.41) is 0. The summed E-state index contributed by atoms with van der Waals surface area (Å²) in [5.41, 5.74) is 0.269. The molecule has 0 aromatic heterocycles. The third-order valence-corrected chi connectivity index (χ3v) is 15.7. The van der Waals surface area contributed by atoms with E-state index in [1.54, 1.807) is 24.6 Å². The highest BCUT2D eigenvalue weighted by Crippen LogP contribution is 2.67. The largest absolute Gasteiger partial charge is 0.212 e. The Hall–Kier alpha value is 0.340. The van der Waals surface area contributed by atoms with Crippen LogP contribution in [-0.2, 0) is 10.0 Å². The van der Waals surface area contributed by atoms with Gasteiger partial charge in [-0.3, -0.25) is 0 Å². The van der Waals surface area contributed by atoms with Crippen LogP contribution in [0, 0.1) is 16.7 Å². The summed E-state index contributed by atoms with van der Waals surface area (Å²) >= 11 is 0. The molecule has 2 bridgehead atoms. The number of fused-ring (bicyclic) bond motifs is 1. The molecule has 1 spiro atoms. The molecule has 2 saturated carbocycles. The van der Waals surface area contributed by atoms with Crippen molar-refractivity contribution in [1.29, 1.82) is 0 Å². The van der Waals surface area contributed by atoms with E-state index in [-0.39, 0.29) is 16.9 Å². The number of rotatable bonds is 12. The molecule has 31 heavy (non-hydrogen) atoms. The van der Waals surface area contributed by atoms with E-state index in [2.05, 4.69) is 46.3 Å². The van der Waals surface area contributed by atoms with E-state index < -0.39 is 17.3 Å². The van der Waals surface area contributed by atoms with Gasteiger partial charge in [-0.2, -0.15) is 0 Å². The predicted octanol–water partition coefficient (Wildman–Crippen LogP) is 7.32. The molecule has 5 heteroatoms. The third-order valence-electron chi connectivity index (χ3n) is 9.14. The molecule has 1 saturated heterocycles. The van der Waals surface area contributed by atoms with Gasteiger partial charge < -0.3 is 0 Å². The summed E-state index contributed by atoms with van der Waals surface area (Å²) in [5.74, 6) is 1.10. The Morgan fingerprint density at radius 2 is 1.29 bits per heavy atom. The molecule has 0 amide bonds. The van der Waals surface area contributed by atoms with Crippen molar-refractivity contribution in [2.75, 3.05) is 30.4 Å². The molecule has 1 heterocycles. The molecule has 3 nitrogen and oxygen atoms in total. The Labute approximate surface area is 195 Å². The molecule has 3 aliphatic rings. The summed E-state index contributed by atoms with van der Waals surface area (Å²) in [7, 11) is -3.53. The van der Waals surface area contributed by atoms with E-state index in [1.165, 1.54) is 57.8 Å². The summed E-state index contributed by atoms with van der Waals surface area (Å²) in [4.78, 5) is 0. The van der Waals surface area contributed by atoms with E-state index >= 15 is 0 Å². The fraction of sp³-hybridized carbons (Fsp3) is 1.00. The fourth-order valence-electron chi connectivity index (χ4n) is 6.83. The van der Waals surface area contributed by atoms with Gasteiger partial charge in [0.05, 0.1) is 30.4 Å². The highest BCUT2D eigenvalue weighted by atomic mass is 32.2. The predicted molar refractivity (Wildman–Crippen MR) is 140 cm³/mol. The molecule has 1 aliphatic heterocycles. The molecule has 3 atom stereocenters. The minimum Gasteiger partial charge on any atom is -0.212 e. The standard InChI is InChI=1S/C16H36P.C10H17NO2S/c1-5-9-13-17(14-10-6-2,15-11-7-3)16-12-8-4;1-9(2)7-3-4-10(9)6-14(12,13)11-8(10)5-7/h5-16H2,1-4H3;7-8,11H,3-6H2,1-2H3/q+1;. The van der Waals surface area contributed by atoms with Crippen LogP contribution in [-0.4, -0.2) is 44.9 Å². The number of nitrogens with one attached hydrogen (secondary N) is 1. The lowest BCUT2D eigenvalue weighted by Crippen LogP contribution is -2.39. The maximum atomic E-state index is 11.6. The number of sulfonamides is 1. The minimum absolute atomic E-state index is 0.0521. The SMILES string of the molecule is CC1(C)C2CCC13CS(=O)(=O)NC3C2.CCCC[P+](CCCC)(CCCC)CCCC. The van der Waals surface area contributed by atoms with Crippen LogP contribution in [0.3, 0.4) is 0 Å². The van der Waals surface area contributed by atoms with Crippen molar-refractivity contribution in [3.63, 3.8) is 0 Å². The molecule has 184 valence electrons. The van der Waals surface area contributed by atoms with Gasteiger partial charge in [0.25, 0.3) is 0 Å². The van der Waals surface area contributed by atoms with Crippen molar-refractivity contribution in [2.45, 2.75) is 118 Å². The van der Waals surface area contributed by atoms with Crippen molar-refractivity contribution in [3.05, 3.63) is 0 Å². The highest BCUT2D eigenvalue weighted by molar-refractivity contribution is 7.89. The minimum atomic E-state index is -2.97. The van der Waals surface area contributed by atoms with Gasteiger partial charge in [-0.25, -0.2) is 13.1 Å². The molecule has 2 aliphatic carbocycles. The van der Waals surface area contributed by atoms with Crippen molar-refractivity contribution in [1.82, 2.24) is 4.72 Å². The smallest absolute Gasteiger partial charge is 0.212 e. The van der Waals surface area contributed by atoms with E-state index in [0.717, 1.165) is 18.8 Å². The van der Waals surface area contributed by atoms with Gasteiger partial charge >= 0.3 is 0 Å². The second-order valence-corrected chi connectivity index (χ2v) is 17.7. The molecule has 1 N–H and O–H groups in total. The first-order chi connectivity index (χ1) is 14.6. The summed E-state index contributed by atoms with van der Waals surface area (Å²) in [6.07, 6.45) is 21.3. The zero-order chi connectivity index (χ0) is 23.2. The van der Waals surface area contributed by atoms with Crippen molar-refractivity contribution in [2.24, 2.45) is 16.7 Å². The third kappa shape index (κ3) is 6.27. The van der Waals surface area contributed by atoms with Gasteiger partial charge in [0.15, 0.2) is 0 Å². The van der Waals surface area contributed by atoms with Crippen LogP contribution in [0.15, 0.2) is 0 Å². The first-order valence-electron chi connectivity index (χ1n) is 13.5. The van der Waals surface area contributed by atoms with Gasteiger partial charge in [0, 0.05) is 18.7 Å². The quantitative estimate of drug-likeness (QED) is 0.301. The Morgan fingerprint density at radius 3 is 1.65 bits per heavy atom. The van der Waals surface area contributed by atoms with E-state index in [0.29, 0.717) is 5.75 Å². The van der Waals surface area contributed by atoms with Crippen LogP contribution in [0.5, 0.6) is 0 Å². The van der Waals surface area contributed by atoms with Crippen molar-refractivity contribution < 1.29 is 8.42 Å². The molecule has 3 unspecified atom stereocenters. The van der Waals surface area contributed by atoms with Crippen LogP contribution in [0.1, 0.15) is 112 Å². The Kier molecular flexibility index (Phi) is 10.4. The molecule has 0 radical (unpaired) electrons. The van der Waals surface area contributed by atoms with E-state index in [1.807, 2.05) is 0 Å². The molecule has 3 rings (SSSR count). The lowest BCUT2D eigenvalue weighted by molar-refractivity contribution is 0.146. The Morgan fingerprint density at radius 1 is 0.839 bits per heavy atom. The first-order valence-corrected chi connectivity index (χ1v) is 17.6. The van der Waals surface area contributed by atoms with Crippen LogP contribution >= 0.6 is 7.26 Å². The van der Waals surface area contributed by atoms with Crippen molar-refractivity contribution >= 4 is 17.3 Å². The fourth-order valence-corrected chi connectivity index (χ4v) is 14.4. The number of hydrogen-bond donors (Lipinski definition) is 1. The average molecular weight is 475 g/mol. The lowest BCUT2D eigenvalue weighted by Gasteiger charge is -2.36. The van der Waals surface area contributed by atoms with E-state index in [9.17, 15) is 8.42 Å². The maximum Gasteiger partial charge on any atom is 0.212 e. The van der Waals surface area contributed by atoms with Crippen LogP contribution < -0.4 is 4.72 Å². The Bertz CT molecular complexity index is 610. The van der Waals surface area contributed by atoms with Gasteiger partial charge in [0.2, 0.25) is 10.0 Å². The second-order valence-electron chi connectivity index (χ2n) is 11.4. The second kappa shape index (κ2) is 11.7. The lowest BCUT2D eigenvalue weighted by atomic mass is 9.69. The van der Waals surface area contributed by atoms with Crippen molar-refractivity contribution in [3.8, 4) is 0 Å². The van der Waals surface area contributed by atoms with Crippen LogP contribution in [0.2, 0.25) is 0 Å². The van der Waals surface area contributed by atoms with Crippen LogP contribution in [0.4, 0.5) is 0 Å². The summed E-state index contributed by atoms with van der Waals surface area (Å²) < 4.78 is 26.0. The Balaban J connectivity index is 0.000000222. The normalized spacial score (nSPS) is 30.1. The summed E-state index contributed by atoms with van der Waals surface area (Å²) in [6, 6.07) is 0.237. The van der Waals surface area contributed by atoms with E-state index in [4.69, 9.17) is 0 Å². The molecule has 0 aromatic rings. The van der Waals surface area contributed by atoms with Gasteiger partial charge in [-0.05, 0) is 56.3 Å². The average Bonchev–Trinajstić information content (AvgIpc) is 3.23. The zero-order valence-corrected chi connectivity index (χ0v) is 23.4. The molecule has 3 fully saturated rings. The molecular formula is C26H53NO2PS+. The zero-order valence-electron chi connectivity index (χ0n) is 21.6. The topological polar surface area (TPSA) is 46.2 Å². The summed E-state index contributed by atoms with van der Waals surface area (Å²) in [6.45, 7) is 13.9. The monoisotopic (exact) mass is 474 g/mol. The number of hydrogen-bond acceptors (Lipinski definition) is 2. The van der Waals surface area contributed by atoms with Gasteiger partial charge in [-0.1, -0.05) is 67.2 Å². The van der Waals surface area contributed by atoms with Gasteiger partial charge in [0.1, 0.15) is 0 Å². The van der Waals surface area contributed by atoms with Gasteiger partial charge in [-0.15, -0.1) is 0 Å². The van der Waals surface area contributed by atoms with Crippen LogP contribution in [0.25, 0.3) is 0 Å². The molecule has 0 aromatic carbocycles. The first kappa shape index (κ1) is 27.6. The molecular weight excluding hydrogens is 421 g/mol. The number of unbranched alkanes of at least 4 members (excludes halogenated alkanes) is 4. The maximum absolute atomic E-state index is 11.6.